The molecule has 0 saturated heterocycles. The van der Waals surface area contributed by atoms with Crippen LogP contribution >= 0.6 is 11.3 Å². The van der Waals surface area contributed by atoms with Gasteiger partial charge in [-0.15, -0.1) is 11.3 Å². The standard InChI is InChI=1S/C18H21FN2OS/c1-13-15-8-11-23-17(15)7-10-21(13)12-18(22)20-9-6-14-4-2-3-5-16(14)19/h2-5,8,11,13H,6-7,9-10,12H2,1H3,(H,20,22)/p+1/t13-/m1/s1. The maximum Gasteiger partial charge on any atom is 0.275 e. The summed E-state index contributed by atoms with van der Waals surface area (Å²) in [6, 6.07) is 9.25. The second-order valence-electron chi connectivity index (χ2n) is 6.05. The van der Waals surface area contributed by atoms with E-state index in [9.17, 15) is 9.18 Å². The minimum absolute atomic E-state index is 0.0434. The maximum absolute atomic E-state index is 13.5. The van der Waals surface area contributed by atoms with Crippen LogP contribution in [0.15, 0.2) is 35.7 Å². The van der Waals surface area contributed by atoms with Crippen LogP contribution in [0, 0.1) is 5.82 Å². The number of carbonyl (C=O) groups excluding carboxylic acids is 1. The van der Waals surface area contributed by atoms with Crippen LogP contribution in [0.1, 0.15) is 29.0 Å². The molecule has 2 aromatic rings. The van der Waals surface area contributed by atoms with Crippen LogP contribution in [0.4, 0.5) is 4.39 Å². The molecule has 0 spiro atoms. The van der Waals surface area contributed by atoms with E-state index in [1.165, 1.54) is 21.4 Å². The van der Waals surface area contributed by atoms with Gasteiger partial charge in [0.25, 0.3) is 5.91 Å². The Bertz CT molecular complexity index is 685. The van der Waals surface area contributed by atoms with E-state index < -0.39 is 0 Å². The molecule has 0 aliphatic carbocycles. The lowest BCUT2D eigenvalue weighted by Crippen LogP contribution is -3.14. The fourth-order valence-corrected chi connectivity index (χ4v) is 4.18. The van der Waals surface area contributed by atoms with E-state index in [0.717, 1.165) is 13.0 Å². The zero-order valence-corrected chi connectivity index (χ0v) is 14.1. The topological polar surface area (TPSA) is 33.5 Å². The lowest BCUT2D eigenvalue weighted by atomic mass is 10.0. The summed E-state index contributed by atoms with van der Waals surface area (Å²) in [4.78, 5) is 14.9. The van der Waals surface area contributed by atoms with E-state index in [2.05, 4.69) is 23.7 Å². The molecule has 2 heterocycles. The number of hydrogen-bond acceptors (Lipinski definition) is 2. The molecule has 0 fully saturated rings. The van der Waals surface area contributed by atoms with Gasteiger partial charge in [-0.3, -0.25) is 4.79 Å². The molecule has 1 unspecified atom stereocenters. The molecule has 122 valence electrons. The predicted molar refractivity (Wildman–Crippen MR) is 90.2 cm³/mol. The Kier molecular flexibility index (Phi) is 5.08. The summed E-state index contributed by atoms with van der Waals surface area (Å²) in [6.45, 7) is 4.14. The van der Waals surface area contributed by atoms with Crippen molar-refractivity contribution in [1.29, 1.82) is 0 Å². The average Bonchev–Trinajstić information content (AvgIpc) is 3.01. The van der Waals surface area contributed by atoms with E-state index >= 15 is 0 Å². The van der Waals surface area contributed by atoms with Crippen LogP contribution in [-0.2, 0) is 17.6 Å². The van der Waals surface area contributed by atoms with Crippen molar-refractivity contribution >= 4 is 17.2 Å². The number of thiophene rings is 1. The molecule has 1 aromatic heterocycles. The number of amides is 1. The number of benzene rings is 1. The summed E-state index contributed by atoms with van der Waals surface area (Å²) in [6.07, 6.45) is 1.58. The van der Waals surface area contributed by atoms with Crippen molar-refractivity contribution in [2.75, 3.05) is 19.6 Å². The second kappa shape index (κ2) is 7.23. The summed E-state index contributed by atoms with van der Waals surface area (Å²) >= 11 is 1.81. The fourth-order valence-electron chi connectivity index (χ4n) is 3.20. The van der Waals surface area contributed by atoms with Crippen molar-refractivity contribution in [1.82, 2.24) is 5.32 Å². The van der Waals surface area contributed by atoms with E-state index in [0.29, 0.717) is 31.1 Å². The van der Waals surface area contributed by atoms with Gasteiger partial charge in [0.1, 0.15) is 11.9 Å². The predicted octanol–water partition coefficient (Wildman–Crippen LogP) is 1.75. The molecule has 3 rings (SSSR count). The summed E-state index contributed by atoms with van der Waals surface area (Å²) in [5.74, 6) is -0.163. The Morgan fingerprint density at radius 3 is 3.04 bits per heavy atom. The van der Waals surface area contributed by atoms with Gasteiger partial charge < -0.3 is 10.2 Å². The van der Waals surface area contributed by atoms with Crippen molar-refractivity contribution in [3.8, 4) is 0 Å². The van der Waals surface area contributed by atoms with Gasteiger partial charge in [-0.25, -0.2) is 4.39 Å². The first-order chi connectivity index (χ1) is 11.1. The average molecular weight is 333 g/mol. The largest absolute Gasteiger partial charge is 0.351 e. The van der Waals surface area contributed by atoms with Gasteiger partial charge in [-0.2, -0.15) is 0 Å². The molecule has 2 N–H and O–H groups in total. The summed E-state index contributed by atoms with van der Waals surface area (Å²) in [7, 11) is 0. The highest BCUT2D eigenvalue weighted by molar-refractivity contribution is 7.10. The van der Waals surface area contributed by atoms with Crippen molar-refractivity contribution < 1.29 is 14.1 Å². The minimum atomic E-state index is -0.206. The van der Waals surface area contributed by atoms with Gasteiger partial charge in [0.2, 0.25) is 0 Å². The third-order valence-electron chi connectivity index (χ3n) is 4.59. The lowest BCUT2D eigenvalue weighted by molar-refractivity contribution is -0.924. The van der Waals surface area contributed by atoms with Crippen LogP contribution in [0.25, 0.3) is 0 Å². The Labute approximate surface area is 140 Å². The summed E-state index contributed by atoms with van der Waals surface area (Å²) in [5.41, 5.74) is 2.03. The van der Waals surface area contributed by atoms with Gasteiger partial charge in [0.05, 0.1) is 6.54 Å². The van der Waals surface area contributed by atoms with Crippen LogP contribution in [0.5, 0.6) is 0 Å². The highest BCUT2D eigenvalue weighted by atomic mass is 32.1. The molecule has 5 heteroatoms. The third-order valence-corrected chi connectivity index (χ3v) is 5.59. The molecule has 23 heavy (non-hydrogen) atoms. The van der Waals surface area contributed by atoms with Gasteiger partial charge in [-0.05, 0) is 36.4 Å². The number of nitrogens with one attached hydrogen (secondary N) is 2. The van der Waals surface area contributed by atoms with Gasteiger partial charge >= 0.3 is 0 Å². The quantitative estimate of drug-likeness (QED) is 0.859. The molecule has 3 nitrogen and oxygen atoms in total. The van der Waals surface area contributed by atoms with Crippen molar-refractivity contribution in [2.24, 2.45) is 0 Å². The Morgan fingerprint density at radius 2 is 2.22 bits per heavy atom. The molecule has 1 aliphatic heterocycles. The highest BCUT2D eigenvalue weighted by Crippen LogP contribution is 2.24. The highest BCUT2D eigenvalue weighted by Gasteiger charge is 2.29. The van der Waals surface area contributed by atoms with E-state index in [-0.39, 0.29) is 11.7 Å². The smallest absolute Gasteiger partial charge is 0.275 e. The molecule has 1 aromatic carbocycles. The molecular weight excluding hydrogens is 311 g/mol. The Hall–Kier alpha value is -1.72. The van der Waals surface area contributed by atoms with Crippen LogP contribution in [-0.4, -0.2) is 25.5 Å². The number of rotatable bonds is 5. The van der Waals surface area contributed by atoms with Gasteiger partial charge in [0, 0.05) is 23.4 Å². The zero-order valence-electron chi connectivity index (χ0n) is 13.3. The van der Waals surface area contributed by atoms with Gasteiger partial charge in [-0.1, -0.05) is 18.2 Å². The van der Waals surface area contributed by atoms with Crippen LogP contribution in [0.3, 0.4) is 0 Å². The Balaban J connectivity index is 1.48. The number of halogens is 1. The lowest BCUT2D eigenvalue weighted by Gasteiger charge is -2.29. The first-order valence-corrected chi connectivity index (χ1v) is 8.94. The van der Waals surface area contributed by atoms with E-state index in [1.807, 2.05) is 17.4 Å². The molecule has 2 atom stereocenters. The van der Waals surface area contributed by atoms with Gasteiger partial charge in [0.15, 0.2) is 6.54 Å². The number of carbonyl (C=O) groups is 1. The first kappa shape index (κ1) is 16.1. The van der Waals surface area contributed by atoms with Crippen molar-refractivity contribution in [2.45, 2.75) is 25.8 Å². The first-order valence-electron chi connectivity index (χ1n) is 8.06. The van der Waals surface area contributed by atoms with E-state index in [1.54, 1.807) is 12.1 Å². The molecular formula is C18H22FN2OS+. The second-order valence-corrected chi connectivity index (χ2v) is 7.05. The molecule has 0 bridgehead atoms. The monoisotopic (exact) mass is 333 g/mol. The third kappa shape index (κ3) is 3.79. The zero-order chi connectivity index (χ0) is 16.2. The molecule has 1 amide bonds. The van der Waals surface area contributed by atoms with Crippen molar-refractivity contribution in [3.63, 3.8) is 0 Å². The molecule has 0 radical (unpaired) electrons. The van der Waals surface area contributed by atoms with Crippen molar-refractivity contribution in [3.05, 3.63) is 57.5 Å². The number of quaternary nitrogens is 1. The molecule has 1 aliphatic rings. The maximum atomic E-state index is 13.5. The summed E-state index contributed by atoms with van der Waals surface area (Å²) < 4.78 is 13.5. The summed E-state index contributed by atoms with van der Waals surface area (Å²) in [5, 5.41) is 5.06. The molecule has 0 saturated carbocycles. The Morgan fingerprint density at radius 1 is 1.39 bits per heavy atom. The SMILES string of the molecule is C[C@@H]1c2ccsc2CC[NH+]1CC(=O)NCCc1ccccc1F. The fraction of sp³-hybridized carbons (Fsp3) is 0.389. The number of hydrogen-bond donors (Lipinski definition) is 2. The van der Waals surface area contributed by atoms with Crippen LogP contribution < -0.4 is 10.2 Å². The normalized spacial score (nSPS) is 20.1. The number of fused-ring (bicyclic) bond motifs is 1. The minimum Gasteiger partial charge on any atom is -0.351 e. The van der Waals surface area contributed by atoms with Crippen LogP contribution in [0.2, 0.25) is 0 Å². The van der Waals surface area contributed by atoms with E-state index in [4.69, 9.17) is 0 Å².